The van der Waals surface area contributed by atoms with E-state index in [-0.39, 0.29) is 17.3 Å². The van der Waals surface area contributed by atoms with E-state index in [0.29, 0.717) is 11.3 Å². The van der Waals surface area contributed by atoms with Gasteiger partial charge in [0, 0.05) is 0 Å². The molecule has 0 saturated heterocycles. The van der Waals surface area contributed by atoms with Crippen molar-refractivity contribution in [2.45, 2.75) is 38.3 Å². The molecule has 2 atom stereocenters. The van der Waals surface area contributed by atoms with Crippen LogP contribution in [0.5, 0.6) is 5.75 Å². The zero-order valence-electron chi connectivity index (χ0n) is 19.0. The predicted octanol–water partition coefficient (Wildman–Crippen LogP) is 7.00. The maximum atomic E-state index is 14.4. The number of rotatable bonds is 9. The second-order valence-electron chi connectivity index (χ2n) is 8.22. The maximum absolute atomic E-state index is 14.4. The first-order valence-corrected chi connectivity index (χ1v) is 11.0. The second-order valence-corrected chi connectivity index (χ2v) is 8.63. The van der Waals surface area contributed by atoms with E-state index in [4.69, 9.17) is 21.1 Å². The summed E-state index contributed by atoms with van der Waals surface area (Å²) in [6.07, 6.45) is -4.60. The van der Waals surface area contributed by atoms with Crippen LogP contribution in [-0.4, -0.2) is 24.3 Å². The average Bonchev–Trinajstić information content (AvgIpc) is 2.83. The number of hydrogen-bond donors (Lipinski definition) is 1. The highest BCUT2D eigenvalue weighted by atomic mass is 35.5. The van der Waals surface area contributed by atoms with Crippen LogP contribution in [0.15, 0.2) is 72.8 Å². The molecule has 0 fully saturated rings. The SMILES string of the molecule is Cc1ccc(OC(C)(CF)C(Nc2ccc(C(F)(F)F)cc2Cl)C(=O)OCc2ccccc2)cc1. The van der Waals surface area contributed by atoms with Gasteiger partial charge in [0.25, 0.3) is 0 Å². The fourth-order valence-corrected chi connectivity index (χ4v) is 3.51. The Kier molecular flexibility index (Phi) is 8.27. The Bertz CT molecular complexity index is 1140. The first-order chi connectivity index (χ1) is 16.5. The summed E-state index contributed by atoms with van der Waals surface area (Å²) < 4.78 is 64.9. The number of anilines is 1. The van der Waals surface area contributed by atoms with Gasteiger partial charge in [-0.3, -0.25) is 0 Å². The molecule has 1 N–H and O–H groups in total. The smallest absolute Gasteiger partial charge is 0.416 e. The standard InChI is InChI=1S/C26H24ClF4NO3/c1-17-8-11-20(12-9-17)35-25(2,16-28)23(24(33)34-15-18-6-4-3-5-7-18)32-22-13-10-19(14-21(22)27)26(29,30)31/h3-14,23,32H,15-16H2,1-2H3. The van der Waals surface area contributed by atoms with Gasteiger partial charge in [-0.1, -0.05) is 59.6 Å². The molecule has 0 saturated carbocycles. The predicted molar refractivity (Wildman–Crippen MR) is 126 cm³/mol. The first-order valence-electron chi connectivity index (χ1n) is 10.7. The van der Waals surface area contributed by atoms with Crippen molar-refractivity contribution in [3.8, 4) is 5.75 Å². The zero-order valence-corrected chi connectivity index (χ0v) is 19.8. The normalized spacial score (nSPS) is 14.0. The quantitative estimate of drug-likeness (QED) is 0.249. The van der Waals surface area contributed by atoms with Crippen LogP contribution in [0.2, 0.25) is 5.02 Å². The molecular weight excluding hydrogens is 486 g/mol. The van der Waals surface area contributed by atoms with Gasteiger partial charge in [0.2, 0.25) is 0 Å². The summed E-state index contributed by atoms with van der Waals surface area (Å²) in [6, 6.07) is 16.8. The number of carbonyl (C=O) groups excluding carboxylic acids is 1. The van der Waals surface area contributed by atoms with Gasteiger partial charge in [-0.2, -0.15) is 13.2 Å². The number of benzene rings is 3. The summed E-state index contributed by atoms with van der Waals surface area (Å²) in [4.78, 5) is 13.2. The van der Waals surface area contributed by atoms with Gasteiger partial charge in [0.15, 0.2) is 11.6 Å². The van der Waals surface area contributed by atoms with Crippen LogP contribution in [0, 0.1) is 6.92 Å². The van der Waals surface area contributed by atoms with Crippen molar-refractivity contribution in [2.24, 2.45) is 0 Å². The van der Waals surface area contributed by atoms with Crippen LogP contribution < -0.4 is 10.1 Å². The monoisotopic (exact) mass is 509 g/mol. The molecule has 0 spiro atoms. The Morgan fingerprint density at radius 1 is 1.03 bits per heavy atom. The van der Waals surface area contributed by atoms with Crippen LogP contribution in [-0.2, 0) is 22.3 Å². The van der Waals surface area contributed by atoms with Gasteiger partial charge in [0.05, 0.1) is 16.3 Å². The molecule has 9 heteroatoms. The Labute approximate surface area is 205 Å². The van der Waals surface area contributed by atoms with Crippen LogP contribution in [0.3, 0.4) is 0 Å². The van der Waals surface area contributed by atoms with E-state index in [1.165, 1.54) is 6.92 Å². The number of hydrogen-bond acceptors (Lipinski definition) is 4. The van der Waals surface area contributed by atoms with E-state index in [1.807, 2.05) is 6.92 Å². The van der Waals surface area contributed by atoms with Crippen LogP contribution in [0.4, 0.5) is 23.2 Å². The highest BCUT2D eigenvalue weighted by Crippen LogP contribution is 2.35. The third kappa shape index (κ3) is 6.88. The Morgan fingerprint density at radius 2 is 1.69 bits per heavy atom. The van der Waals surface area contributed by atoms with Crippen molar-refractivity contribution in [1.29, 1.82) is 0 Å². The largest absolute Gasteiger partial charge is 0.482 e. The summed E-state index contributed by atoms with van der Waals surface area (Å²) in [5, 5.41) is 2.45. The number of aryl methyl sites for hydroxylation is 1. The number of alkyl halides is 4. The van der Waals surface area contributed by atoms with Crippen molar-refractivity contribution < 1.29 is 31.8 Å². The van der Waals surface area contributed by atoms with Crippen LogP contribution in [0.1, 0.15) is 23.6 Å². The minimum absolute atomic E-state index is 0.00601. The highest BCUT2D eigenvalue weighted by Gasteiger charge is 2.44. The fourth-order valence-electron chi connectivity index (χ4n) is 3.28. The van der Waals surface area contributed by atoms with E-state index in [0.717, 1.165) is 23.8 Å². The van der Waals surface area contributed by atoms with E-state index in [9.17, 15) is 22.4 Å². The summed E-state index contributed by atoms with van der Waals surface area (Å²) in [6.45, 7) is 2.03. The summed E-state index contributed by atoms with van der Waals surface area (Å²) in [5.41, 5.74) is -1.09. The summed E-state index contributed by atoms with van der Waals surface area (Å²) in [7, 11) is 0. The fraction of sp³-hybridized carbons (Fsp3) is 0.269. The number of nitrogens with one attached hydrogen (secondary N) is 1. The third-order valence-electron chi connectivity index (χ3n) is 5.30. The van der Waals surface area contributed by atoms with Gasteiger partial charge >= 0.3 is 12.1 Å². The lowest BCUT2D eigenvalue weighted by atomic mass is 9.96. The minimum Gasteiger partial charge on any atom is -0.482 e. The molecule has 3 aromatic rings. The van der Waals surface area contributed by atoms with Crippen molar-refractivity contribution >= 4 is 23.3 Å². The Morgan fingerprint density at radius 3 is 2.26 bits per heavy atom. The van der Waals surface area contributed by atoms with E-state index >= 15 is 0 Å². The molecule has 35 heavy (non-hydrogen) atoms. The number of halogens is 5. The molecule has 0 aliphatic heterocycles. The lowest BCUT2D eigenvalue weighted by Gasteiger charge is -2.35. The molecule has 0 aliphatic carbocycles. The maximum Gasteiger partial charge on any atom is 0.416 e. The summed E-state index contributed by atoms with van der Waals surface area (Å²) >= 11 is 6.08. The number of ether oxygens (including phenoxy) is 2. The highest BCUT2D eigenvalue weighted by molar-refractivity contribution is 6.33. The van der Waals surface area contributed by atoms with E-state index in [1.54, 1.807) is 54.6 Å². The lowest BCUT2D eigenvalue weighted by Crippen LogP contribution is -2.55. The molecule has 0 bridgehead atoms. The Balaban J connectivity index is 1.92. The first kappa shape index (κ1) is 26.3. The molecule has 0 amide bonds. The molecule has 3 rings (SSSR count). The average molecular weight is 510 g/mol. The molecule has 2 unspecified atom stereocenters. The van der Waals surface area contributed by atoms with Crippen LogP contribution >= 0.6 is 11.6 Å². The van der Waals surface area contributed by atoms with Gasteiger partial charge in [0.1, 0.15) is 19.0 Å². The molecule has 0 heterocycles. The third-order valence-corrected chi connectivity index (χ3v) is 5.62. The van der Waals surface area contributed by atoms with Crippen molar-refractivity contribution in [3.05, 3.63) is 94.5 Å². The molecule has 0 aromatic heterocycles. The summed E-state index contributed by atoms with van der Waals surface area (Å²) in [5.74, 6) is -0.561. The Hall–Kier alpha value is -3.26. The van der Waals surface area contributed by atoms with E-state index < -0.39 is 36.0 Å². The number of carbonyl (C=O) groups is 1. The molecule has 0 aliphatic rings. The lowest BCUT2D eigenvalue weighted by molar-refractivity contribution is -0.151. The van der Waals surface area contributed by atoms with Gasteiger partial charge in [-0.25, -0.2) is 9.18 Å². The molecule has 3 aromatic carbocycles. The minimum atomic E-state index is -4.60. The van der Waals surface area contributed by atoms with Gasteiger partial charge in [-0.15, -0.1) is 0 Å². The topological polar surface area (TPSA) is 47.6 Å². The van der Waals surface area contributed by atoms with Crippen molar-refractivity contribution in [2.75, 3.05) is 12.0 Å². The van der Waals surface area contributed by atoms with E-state index in [2.05, 4.69) is 5.32 Å². The van der Waals surface area contributed by atoms with Crippen molar-refractivity contribution in [1.82, 2.24) is 0 Å². The number of esters is 1. The molecule has 0 radical (unpaired) electrons. The second kappa shape index (κ2) is 11.0. The molecule has 186 valence electrons. The van der Waals surface area contributed by atoms with Crippen molar-refractivity contribution in [3.63, 3.8) is 0 Å². The van der Waals surface area contributed by atoms with Gasteiger partial charge in [-0.05, 0) is 49.7 Å². The van der Waals surface area contributed by atoms with Gasteiger partial charge < -0.3 is 14.8 Å². The van der Waals surface area contributed by atoms with Crippen LogP contribution in [0.25, 0.3) is 0 Å². The zero-order chi connectivity index (χ0) is 25.6. The molecule has 4 nitrogen and oxygen atoms in total. The molecular formula is C26H24ClF4NO3.